The van der Waals surface area contributed by atoms with Crippen LogP contribution in [0.1, 0.15) is 43.0 Å². The van der Waals surface area contributed by atoms with Gasteiger partial charge in [0.15, 0.2) is 0 Å². The molecule has 0 atom stereocenters. The number of rotatable bonds is 5. The first-order valence-electron chi connectivity index (χ1n) is 6.44. The fourth-order valence-electron chi connectivity index (χ4n) is 2.00. The quantitative estimate of drug-likeness (QED) is 0.843. The van der Waals surface area contributed by atoms with Crippen LogP contribution in [0.5, 0.6) is 5.75 Å². The molecule has 0 unspecified atom stereocenters. The number of hydrogen-bond donors (Lipinski definition) is 1. The van der Waals surface area contributed by atoms with Crippen LogP contribution in [0.2, 0.25) is 0 Å². The third-order valence-corrected chi connectivity index (χ3v) is 3.12. The molecule has 0 bridgehead atoms. The van der Waals surface area contributed by atoms with Crippen LogP contribution in [0.3, 0.4) is 0 Å². The second kappa shape index (κ2) is 6.06. The molecular weight excluding hydrogens is 210 g/mol. The van der Waals surface area contributed by atoms with Crippen LogP contribution in [-0.2, 0) is 6.54 Å². The van der Waals surface area contributed by atoms with Crippen LogP contribution < -0.4 is 10.1 Å². The molecule has 0 aliphatic rings. The van der Waals surface area contributed by atoms with Crippen molar-refractivity contribution in [2.45, 2.75) is 54.2 Å². The molecule has 0 fully saturated rings. The molecule has 0 aliphatic carbocycles. The molecule has 1 aromatic rings. The fraction of sp³-hybridized carbons (Fsp3) is 0.600. The number of aryl methyl sites for hydroxylation is 1. The standard InChI is InChI=1S/C15H25NO/c1-7-16-9-14-11(4)8-15(17-10(2)3)13(6)12(14)5/h8,10,16H,7,9H2,1-6H3. The summed E-state index contributed by atoms with van der Waals surface area (Å²) in [5, 5.41) is 3.39. The highest BCUT2D eigenvalue weighted by Crippen LogP contribution is 2.28. The first-order chi connectivity index (χ1) is 7.97. The molecular formula is C15H25NO. The number of benzene rings is 1. The van der Waals surface area contributed by atoms with Gasteiger partial charge in [-0.2, -0.15) is 0 Å². The van der Waals surface area contributed by atoms with Gasteiger partial charge >= 0.3 is 0 Å². The summed E-state index contributed by atoms with van der Waals surface area (Å²) in [5.74, 6) is 1.02. The van der Waals surface area contributed by atoms with Gasteiger partial charge in [0.05, 0.1) is 6.10 Å². The summed E-state index contributed by atoms with van der Waals surface area (Å²) in [4.78, 5) is 0. The summed E-state index contributed by atoms with van der Waals surface area (Å²) in [7, 11) is 0. The third kappa shape index (κ3) is 3.47. The zero-order valence-electron chi connectivity index (χ0n) is 12.0. The van der Waals surface area contributed by atoms with Gasteiger partial charge in [-0.25, -0.2) is 0 Å². The lowest BCUT2D eigenvalue weighted by Gasteiger charge is -2.19. The Labute approximate surface area is 105 Å². The predicted molar refractivity (Wildman–Crippen MR) is 73.8 cm³/mol. The molecule has 96 valence electrons. The van der Waals surface area contributed by atoms with Gasteiger partial charge in [0.1, 0.15) is 5.75 Å². The normalized spacial score (nSPS) is 11.0. The van der Waals surface area contributed by atoms with E-state index < -0.39 is 0 Å². The minimum atomic E-state index is 0.229. The lowest BCUT2D eigenvalue weighted by atomic mass is 9.97. The van der Waals surface area contributed by atoms with Gasteiger partial charge in [-0.3, -0.25) is 0 Å². The summed E-state index contributed by atoms with van der Waals surface area (Å²) < 4.78 is 5.85. The van der Waals surface area contributed by atoms with Crippen LogP contribution in [0.4, 0.5) is 0 Å². The van der Waals surface area contributed by atoms with Gasteiger partial charge < -0.3 is 10.1 Å². The zero-order valence-corrected chi connectivity index (χ0v) is 12.0. The Bertz CT molecular complexity index is 383. The molecule has 0 radical (unpaired) electrons. The van der Waals surface area contributed by atoms with Crippen molar-refractivity contribution < 1.29 is 4.74 Å². The van der Waals surface area contributed by atoms with E-state index >= 15 is 0 Å². The average Bonchev–Trinajstić information content (AvgIpc) is 2.25. The summed E-state index contributed by atoms with van der Waals surface area (Å²) in [5.41, 5.74) is 5.32. The lowest BCUT2D eigenvalue weighted by molar-refractivity contribution is 0.240. The average molecular weight is 235 g/mol. The Hall–Kier alpha value is -1.02. The summed E-state index contributed by atoms with van der Waals surface area (Å²) in [6, 6.07) is 2.16. The minimum absolute atomic E-state index is 0.229. The van der Waals surface area contributed by atoms with E-state index in [1.807, 2.05) is 0 Å². The van der Waals surface area contributed by atoms with E-state index in [1.54, 1.807) is 0 Å². The maximum atomic E-state index is 5.85. The van der Waals surface area contributed by atoms with Gasteiger partial charge in [0.2, 0.25) is 0 Å². The van der Waals surface area contributed by atoms with Crippen LogP contribution in [0, 0.1) is 20.8 Å². The maximum absolute atomic E-state index is 5.85. The van der Waals surface area contributed by atoms with Crippen LogP contribution in [-0.4, -0.2) is 12.6 Å². The highest BCUT2D eigenvalue weighted by molar-refractivity contribution is 5.48. The zero-order chi connectivity index (χ0) is 13.0. The second-order valence-electron chi connectivity index (χ2n) is 4.87. The van der Waals surface area contributed by atoms with Crippen molar-refractivity contribution >= 4 is 0 Å². The smallest absolute Gasteiger partial charge is 0.123 e. The van der Waals surface area contributed by atoms with Gasteiger partial charge in [-0.15, -0.1) is 0 Å². The number of hydrogen-bond acceptors (Lipinski definition) is 2. The van der Waals surface area contributed by atoms with E-state index in [-0.39, 0.29) is 6.10 Å². The molecule has 0 spiro atoms. The maximum Gasteiger partial charge on any atom is 0.123 e. The molecule has 0 saturated heterocycles. The molecule has 0 aliphatic heterocycles. The molecule has 0 saturated carbocycles. The first-order valence-corrected chi connectivity index (χ1v) is 6.44. The number of ether oxygens (including phenoxy) is 1. The van der Waals surface area contributed by atoms with Crippen molar-refractivity contribution in [3.63, 3.8) is 0 Å². The topological polar surface area (TPSA) is 21.3 Å². The van der Waals surface area contributed by atoms with Gasteiger partial charge in [0, 0.05) is 6.54 Å². The largest absolute Gasteiger partial charge is 0.491 e. The molecule has 1 rings (SSSR count). The molecule has 2 heteroatoms. The molecule has 0 aromatic heterocycles. The Morgan fingerprint density at radius 1 is 1.18 bits per heavy atom. The Kier molecular flexibility index (Phi) is 5.01. The number of nitrogens with one attached hydrogen (secondary N) is 1. The van der Waals surface area contributed by atoms with Crippen LogP contribution in [0.15, 0.2) is 6.07 Å². The molecule has 1 N–H and O–H groups in total. The second-order valence-corrected chi connectivity index (χ2v) is 4.87. The summed E-state index contributed by atoms with van der Waals surface area (Å²) in [6.45, 7) is 14.7. The highest BCUT2D eigenvalue weighted by Gasteiger charge is 2.11. The van der Waals surface area contributed by atoms with Crippen molar-refractivity contribution in [1.29, 1.82) is 0 Å². The van der Waals surface area contributed by atoms with E-state index in [1.165, 1.54) is 22.3 Å². The van der Waals surface area contributed by atoms with E-state index in [9.17, 15) is 0 Å². The predicted octanol–water partition coefficient (Wildman–Crippen LogP) is 3.51. The molecule has 0 heterocycles. The molecule has 17 heavy (non-hydrogen) atoms. The minimum Gasteiger partial charge on any atom is -0.491 e. The van der Waals surface area contributed by atoms with Crippen LogP contribution in [0.25, 0.3) is 0 Å². The summed E-state index contributed by atoms with van der Waals surface area (Å²) >= 11 is 0. The van der Waals surface area contributed by atoms with Crippen molar-refractivity contribution in [3.8, 4) is 5.75 Å². The SMILES string of the molecule is CCNCc1c(C)cc(OC(C)C)c(C)c1C. The third-order valence-electron chi connectivity index (χ3n) is 3.12. The molecule has 0 amide bonds. The monoisotopic (exact) mass is 235 g/mol. The highest BCUT2D eigenvalue weighted by atomic mass is 16.5. The van der Waals surface area contributed by atoms with Gasteiger partial charge in [-0.05, 0) is 69.5 Å². The van der Waals surface area contributed by atoms with Crippen molar-refractivity contribution in [3.05, 3.63) is 28.3 Å². The Morgan fingerprint density at radius 2 is 1.82 bits per heavy atom. The van der Waals surface area contributed by atoms with Crippen molar-refractivity contribution in [2.75, 3.05) is 6.54 Å². The fourth-order valence-corrected chi connectivity index (χ4v) is 2.00. The van der Waals surface area contributed by atoms with E-state index in [4.69, 9.17) is 4.74 Å². The van der Waals surface area contributed by atoms with Gasteiger partial charge in [-0.1, -0.05) is 6.92 Å². The molecule has 2 nitrogen and oxygen atoms in total. The van der Waals surface area contributed by atoms with E-state index in [0.29, 0.717) is 0 Å². The summed E-state index contributed by atoms with van der Waals surface area (Å²) in [6.07, 6.45) is 0.229. The van der Waals surface area contributed by atoms with Crippen molar-refractivity contribution in [2.24, 2.45) is 0 Å². The Morgan fingerprint density at radius 3 is 2.35 bits per heavy atom. The van der Waals surface area contributed by atoms with Crippen LogP contribution >= 0.6 is 0 Å². The molecule has 1 aromatic carbocycles. The van der Waals surface area contributed by atoms with Gasteiger partial charge in [0.25, 0.3) is 0 Å². The van der Waals surface area contributed by atoms with Crippen molar-refractivity contribution in [1.82, 2.24) is 5.32 Å². The Balaban J connectivity index is 3.08. The van der Waals surface area contributed by atoms with E-state index in [0.717, 1.165) is 18.8 Å². The lowest BCUT2D eigenvalue weighted by Crippen LogP contribution is -2.15. The van der Waals surface area contributed by atoms with E-state index in [2.05, 4.69) is 52.9 Å². The first kappa shape index (κ1) is 14.0.